The van der Waals surface area contributed by atoms with E-state index >= 15 is 0 Å². The molecule has 0 N–H and O–H groups in total. The van der Waals surface area contributed by atoms with Crippen LogP contribution in [0.5, 0.6) is 0 Å². The maximum Gasteiger partial charge on any atom is 0.320 e. The molecule has 2 fully saturated rings. The van der Waals surface area contributed by atoms with Gasteiger partial charge in [-0.2, -0.15) is 0 Å². The number of hydrogen-bond donors (Lipinski definition) is 0. The van der Waals surface area contributed by atoms with Crippen LogP contribution >= 0.6 is 0 Å². The topological polar surface area (TPSA) is 60.4 Å². The number of hydrogen-bond acceptors (Lipinski definition) is 4. The first-order valence-corrected chi connectivity index (χ1v) is 6.49. The molecule has 4 nitrogen and oxygen atoms in total. The van der Waals surface area contributed by atoms with Crippen LogP contribution in [0.3, 0.4) is 0 Å². The third kappa shape index (κ3) is 1.78. The van der Waals surface area contributed by atoms with Crippen LogP contribution in [0.15, 0.2) is 0 Å². The predicted molar refractivity (Wildman–Crippen MR) is 64.8 cm³/mol. The number of ketones is 2. The predicted octanol–water partition coefficient (Wildman–Crippen LogP) is 1.90. The van der Waals surface area contributed by atoms with Crippen molar-refractivity contribution in [1.29, 1.82) is 0 Å². The van der Waals surface area contributed by atoms with Crippen LogP contribution in [0, 0.1) is 17.3 Å². The zero-order valence-electron chi connectivity index (χ0n) is 11.4. The van der Waals surface area contributed by atoms with Gasteiger partial charge in [0, 0.05) is 6.42 Å². The summed E-state index contributed by atoms with van der Waals surface area (Å²) in [6.07, 6.45) is 1.27. The molecule has 0 spiro atoms. The van der Waals surface area contributed by atoms with Gasteiger partial charge in [0.05, 0.1) is 5.92 Å². The number of carbonyl (C=O) groups is 3. The van der Waals surface area contributed by atoms with Gasteiger partial charge in [-0.05, 0) is 39.5 Å². The SMILES string of the molecule is C[C@@H]1CC(=O)C2CC[C@]1(C(=O)OC(C)(C)C)C2=O. The van der Waals surface area contributed by atoms with E-state index in [2.05, 4.69) is 0 Å². The minimum Gasteiger partial charge on any atom is -0.459 e. The molecule has 0 aromatic rings. The van der Waals surface area contributed by atoms with Gasteiger partial charge in [-0.1, -0.05) is 6.92 Å². The highest BCUT2D eigenvalue weighted by Gasteiger charge is 2.62. The van der Waals surface area contributed by atoms with Crippen LogP contribution < -0.4 is 0 Å². The Bertz CT molecular complexity index is 418. The lowest BCUT2D eigenvalue weighted by atomic mass is 9.67. The number of ether oxygens (including phenoxy) is 1. The van der Waals surface area contributed by atoms with Crippen LogP contribution in [0.1, 0.15) is 47.0 Å². The van der Waals surface area contributed by atoms with Gasteiger partial charge in [-0.15, -0.1) is 0 Å². The van der Waals surface area contributed by atoms with E-state index in [1.54, 1.807) is 27.7 Å². The lowest BCUT2D eigenvalue weighted by Crippen LogP contribution is -2.50. The molecule has 0 aliphatic heterocycles. The zero-order chi connectivity index (χ0) is 13.7. The number of carbonyl (C=O) groups excluding carboxylic acids is 3. The highest BCUT2D eigenvalue weighted by molar-refractivity contribution is 6.17. The van der Waals surface area contributed by atoms with Gasteiger partial charge in [0.1, 0.15) is 16.8 Å². The summed E-state index contributed by atoms with van der Waals surface area (Å²) < 4.78 is 5.40. The molecule has 0 amide bonds. The molecule has 1 unspecified atom stereocenters. The van der Waals surface area contributed by atoms with Crippen molar-refractivity contribution in [2.24, 2.45) is 17.3 Å². The molecule has 100 valence electrons. The van der Waals surface area contributed by atoms with Crippen molar-refractivity contribution in [3.8, 4) is 0 Å². The molecule has 2 aliphatic carbocycles. The normalized spacial score (nSPS) is 35.8. The third-order valence-electron chi connectivity index (χ3n) is 4.08. The Kier molecular flexibility index (Phi) is 2.87. The summed E-state index contributed by atoms with van der Waals surface area (Å²) in [6, 6.07) is 0. The highest BCUT2D eigenvalue weighted by atomic mass is 16.6. The molecule has 2 saturated carbocycles. The van der Waals surface area contributed by atoms with Crippen LogP contribution in [0.25, 0.3) is 0 Å². The first-order chi connectivity index (χ1) is 8.18. The number of fused-ring (bicyclic) bond motifs is 2. The first kappa shape index (κ1) is 13.2. The monoisotopic (exact) mass is 252 g/mol. The molecule has 4 heteroatoms. The van der Waals surface area contributed by atoms with E-state index in [0.717, 1.165) is 0 Å². The second kappa shape index (κ2) is 3.90. The maximum atomic E-state index is 12.4. The average Bonchev–Trinajstić information content (AvgIpc) is 2.46. The van der Waals surface area contributed by atoms with Crippen molar-refractivity contribution in [2.75, 3.05) is 0 Å². The smallest absolute Gasteiger partial charge is 0.320 e. The molecule has 2 bridgehead atoms. The minimum absolute atomic E-state index is 0.0100. The molecule has 2 rings (SSSR count). The van der Waals surface area contributed by atoms with Gasteiger partial charge < -0.3 is 4.74 Å². The van der Waals surface area contributed by atoms with Gasteiger partial charge in [0.15, 0.2) is 5.78 Å². The van der Waals surface area contributed by atoms with E-state index in [1.165, 1.54) is 0 Å². The largest absolute Gasteiger partial charge is 0.459 e. The standard InChI is InChI=1S/C14H20O4/c1-8-7-10(15)9-5-6-14(8,11(9)16)12(17)18-13(2,3)4/h8-9H,5-7H2,1-4H3/t8-,9?,14-/m1/s1. The van der Waals surface area contributed by atoms with Crippen LogP contribution in [0.4, 0.5) is 0 Å². The van der Waals surface area contributed by atoms with Crippen molar-refractivity contribution in [1.82, 2.24) is 0 Å². The average molecular weight is 252 g/mol. The second-order valence-corrected chi connectivity index (χ2v) is 6.50. The van der Waals surface area contributed by atoms with Crippen molar-refractivity contribution >= 4 is 17.5 Å². The third-order valence-corrected chi connectivity index (χ3v) is 4.08. The van der Waals surface area contributed by atoms with Gasteiger partial charge in [-0.25, -0.2) is 0 Å². The number of esters is 1. The van der Waals surface area contributed by atoms with Gasteiger partial charge in [0.25, 0.3) is 0 Å². The summed E-state index contributed by atoms with van der Waals surface area (Å²) in [7, 11) is 0. The Labute approximate surface area is 107 Å². The van der Waals surface area contributed by atoms with E-state index in [9.17, 15) is 14.4 Å². The Morgan fingerprint density at radius 2 is 1.94 bits per heavy atom. The number of rotatable bonds is 1. The van der Waals surface area contributed by atoms with E-state index in [4.69, 9.17) is 4.74 Å². The first-order valence-electron chi connectivity index (χ1n) is 6.49. The van der Waals surface area contributed by atoms with Crippen LogP contribution in [-0.2, 0) is 19.1 Å². The fraction of sp³-hybridized carbons (Fsp3) is 0.786. The van der Waals surface area contributed by atoms with Gasteiger partial charge >= 0.3 is 5.97 Å². The molecule has 2 aliphatic rings. The molecule has 3 atom stereocenters. The highest BCUT2D eigenvalue weighted by Crippen LogP contribution is 2.51. The fourth-order valence-corrected chi connectivity index (χ4v) is 3.12. The second-order valence-electron chi connectivity index (χ2n) is 6.50. The van der Waals surface area contributed by atoms with Crippen molar-refractivity contribution < 1.29 is 19.1 Å². The van der Waals surface area contributed by atoms with Crippen molar-refractivity contribution in [3.05, 3.63) is 0 Å². The zero-order valence-corrected chi connectivity index (χ0v) is 11.4. The van der Waals surface area contributed by atoms with E-state index in [0.29, 0.717) is 19.3 Å². The Hall–Kier alpha value is -1.19. The summed E-state index contributed by atoms with van der Waals surface area (Å²) in [5.41, 5.74) is -1.67. The Morgan fingerprint density at radius 3 is 2.50 bits per heavy atom. The summed E-state index contributed by atoms with van der Waals surface area (Å²) in [5, 5.41) is 0. The lowest BCUT2D eigenvalue weighted by Gasteiger charge is -2.36. The number of Topliss-reactive ketones (excluding diaryl/α,β-unsaturated/α-hetero) is 2. The van der Waals surface area contributed by atoms with E-state index in [1.807, 2.05) is 0 Å². The maximum absolute atomic E-state index is 12.4. The summed E-state index contributed by atoms with van der Waals surface area (Å²) in [4.78, 5) is 36.5. The molecule has 0 aromatic carbocycles. The molecular weight excluding hydrogens is 232 g/mol. The van der Waals surface area contributed by atoms with E-state index < -0.39 is 22.9 Å². The lowest BCUT2D eigenvalue weighted by molar-refractivity contribution is -0.174. The van der Waals surface area contributed by atoms with Crippen molar-refractivity contribution in [2.45, 2.75) is 52.6 Å². The molecule has 0 aromatic heterocycles. The molecule has 0 saturated heterocycles. The van der Waals surface area contributed by atoms with Crippen molar-refractivity contribution in [3.63, 3.8) is 0 Å². The quantitative estimate of drug-likeness (QED) is 0.528. The summed E-state index contributed by atoms with van der Waals surface area (Å²) in [6.45, 7) is 7.17. The molecule has 0 heterocycles. The van der Waals surface area contributed by atoms with Gasteiger partial charge in [0.2, 0.25) is 0 Å². The molecule has 18 heavy (non-hydrogen) atoms. The summed E-state index contributed by atoms with van der Waals surface area (Å²) >= 11 is 0. The summed E-state index contributed by atoms with van der Waals surface area (Å²) in [5.74, 6) is -1.47. The molecular formula is C14H20O4. The molecule has 0 radical (unpaired) electrons. The minimum atomic E-state index is -1.06. The van der Waals surface area contributed by atoms with Crippen LogP contribution in [0.2, 0.25) is 0 Å². The Morgan fingerprint density at radius 1 is 1.33 bits per heavy atom. The Balaban J connectivity index is 2.33. The van der Waals surface area contributed by atoms with Gasteiger partial charge in [-0.3, -0.25) is 14.4 Å². The fourth-order valence-electron chi connectivity index (χ4n) is 3.12. The van der Waals surface area contributed by atoms with Crippen LogP contribution in [-0.4, -0.2) is 23.1 Å². The van der Waals surface area contributed by atoms with E-state index in [-0.39, 0.29) is 17.5 Å².